The molecule has 3 heteroatoms. The molecule has 0 amide bonds. The Balaban J connectivity index is 1.06. The molecular weight excluding hydrogens is 599 g/mol. The first kappa shape index (κ1) is 27.8. The topological polar surface area (TPSA) is 29.5 Å². The van der Waals surface area contributed by atoms with Gasteiger partial charge in [0.05, 0.1) is 5.69 Å². The van der Waals surface area contributed by atoms with Crippen LogP contribution in [0.4, 0.5) is 11.4 Å². The quantitative estimate of drug-likeness (QED) is 0.190. The van der Waals surface area contributed by atoms with E-state index in [1.54, 1.807) is 0 Å². The van der Waals surface area contributed by atoms with E-state index in [0.29, 0.717) is 5.92 Å². The zero-order chi connectivity index (χ0) is 32.3. The molecule has 2 heterocycles. The van der Waals surface area contributed by atoms with E-state index < -0.39 is 0 Å². The Kier molecular flexibility index (Phi) is 6.31. The molecule has 0 spiro atoms. The standard InChI is InChI=1S/C46H31NO2/c1-2-9-30(10-3-1)31-17-23-35(24-18-31)47(41-14-8-13-39-38-11-4-6-15-42(38)49-46(39)41)36-25-19-32(20-26-36)33-21-27-37-34(29-33)22-28-44-45(37)40-12-5-7-16-43(40)48-44/h1-17,19-29,31H,18H2. The lowest BCUT2D eigenvalue weighted by Gasteiger charge is -2.29. The summed E-state index contributed by atoms with van der Waals surface area (Å²) in [5, 5.41) is 6.98. The van der Waals surface area contributed by atoms with Gasteiger partial charge in [0.2, 0.25) is 0 Å². The second-order valence-electron chi connectivity index (χ2n) is 12.8. The van der Waals surface area contributed by atoms with Gasteiger partial charge < -0.3 is 13.7 Å². The molecule has 1 aliphatic carbocycles. The SMILES string of the molecule is C1=CC(c2ccccc2)CC=C1N(c1ccc(-c2ccc3c(ccc4oc5ccccc5c43)c2)cc1)c1cccc2c1oc1ccccc12. The summed E-state index contributed by atoms with van der Waals surface area (Å²) in [5.41, 5.74) is 10.6. The molecule has 3 nitrogen and oxygen atoms in total. The molecule has 0 radical (unpaired) electrons. The molecule has 49 heavy (non-hydrogen) atoms. The second kappa shape index (κ2) is 11.1. The molecule has 10 rings (SSSR count). The van der Waals surface area contributed by atoms with Crippen LogP contribution in [0.15, 0.2) is 184 Å². The van der Waals surface area contributed by atoms with E-state index in [1.165, 1.54) is 32.8 Å². The maximum absolute atomic E-state index is 6.55. The van der Waals surface area contributed by atoms with Crippen molar-refractivity contribution in [3.05, 3.63) is 181 Å². The molecule has 1 atom stereocenters. The summed E-state index contributed by atoms with van der Waals surface area (Å²) in [5.74, 6) is 0.352. The lowest BCUT2D eigenvalue weighted by molar-refractivity contribution is 0.668. The smallest absolute Gasteiger partial charge is 0.159 e. The van der Waals surface area contributed by atoms with E-state index in [-0.39, 0.29) is 0 Å². The number of hydrogen-bond acceptors (Lipinski definition) is 3. The number of anilines is 2. The molecule has 232 valence electrons. The molecule has 2 aromatic heterocycles. The fourth-order valence-electron chi connectivity index (χ4n) is 7.59. The molecule has 0 saturated heterocycles. The van der Waals surface area contributed by atoms with Gasteiger partial charge in [0.15, 0.2) is 5.58 Å². The van der Waals surface area contributed by atoms with E-state index in [9.17, 15) is 0 Å². The highest BCUT2D eigenvalue weighted by Crippen LogP contribution is 2.42. The van der Waals surface area contributed by atoms with E-state index in [4.69, 9.17) is 8.83 Å². The van der Waals surface area contributed by atoms with Crippen LogP contribution in [0.1, 0.15) is 17.9 Å². The number of allylic oxidation sites excluding steroid dienone is 3. The van der Waals surface area contributed by atoms with Gasteiger partial charge in [0.25, 0.3) is 0 Å². The molecular formula is C46H31NO2. The van der Waals surface area contributed by atoms with Crippen LogP contribution in [0, 0.1) is 0 Å². The number of rotatable bonds is 5. The molecule has 9 aromatic rings. The Labute approximate surface area is 283 Å². The van der Waals surface area contributed by atoms with E-state index in [2.05, 4.69) is 151 Å². The van der Waals surface area contributed by atoms with Crippen molar-refractivity contribution in [1.82, 2.24) is 0 Å². The van der Waals surface area contributed by atoms with Crippen molar-refractivity contribution in [3.8, 4) is 11.1 Å². The van der Waals surface area contributed by atoms with Crippen molar-refractivity contribution >= 4 is 66.0 Å². The largest absolute Gasteiger partial charge is 0.456 e. The molecule has 7 aromatic carbocycles. The van der Waals surface area contributed by atoms with Crippen molar-refractivity contribution in [2.75, 3.05) is 4.90 Å². The lowest BCUT2D eigenvalue weighted by atomic mass is 9.91. The summed E-state index contributed by atoms with van der Waals surface area (Å²) in [7, 11) is 0. The third kappa shape index (κ3) is 4.58. The Morgan fingerprint density at radius 2 is 1.27 bits per heavy atom. The Hall–Kier alpha value is -6.32. The number of para-hydroxylation sites is 3. The van der Waals surface area contributed by atoms with E-state index >= 15 is 0 Å². The summed E-state index contributed by atoms with van der Waals surface area (Å²) in [6.07, 6.45) is 7.88. The van der Waals surface area contributed by atoms with Gasteiger partial charge in [-0.05, 0) is 82.4 Å². The summed E-state index contributed by atoms with van der Waals surface area (Å²) < 4.78 is 12.7. The number of hydrogen-bond donors (Lipinski definition) is 0. The summed E-state index contributed by atoms with van der Waals surface area (Å²) >= 11 is 0. The minimum Gasteiger partial charge on any atom is -0.456 e. The zero-order valence-electron chi connectivity index (χ0n) is 26.7. The van der Waals surface area contributed by atoms with Crippen LogP contribution in [0.25, 0.3) is 65.8 Å². The molecule has 0 saturated carbocycles. The maximum atomic E-state index is 6.55. The minimum absolute atomic E-state index is 0.352. The van der Waals surface area contributed by atoms with E-state index in [0.717, 1.165) is 62.0 Å². The first-order chi connectivity index (χ1) is 24.3. The van der Waals surface area contributed by atoms with Crippen LogP contribution in [-0.4, -0.2) is 0 Å². The normalized spacial score (nSPS) is 14.7. The predicted octanol–water partition coefficient (Wildman–Crippen LogP) is 13.1. The van der Waals surface area contributed by atoms with Gasteiger partial charge in [-0.1, -0.05) is 121 Å². The average Bonchev–Trinajstić information content (AvgIpc) is 3.75. The molecule has 1 unspecified atom stereocenters. The van der Waals surface area contributed by atoms with Crippen molar-refractivity contribution < 1.29 is 8.83 Å². The van der Waals surface area contributed by atoms with Gasteiger partial charge in [-0.2, -0.15) is 0 Å². The van der Waals surface area contributed by atoms with Gasteiger partial charge >= 0.3 is 0 Å². The highest BCUT2D eigenvalue weighted by Gasteiger charge is 2.22. The van der Waals surface area contributed by atoms with Crippen LogP contribution >= 0.6 is 0 Å². The Morgan fingerprint density at radius 3 is 2.08 bits per heavy atom. The van der Waals surface area contributed by atoms with Crippen molar-refractivity contribution in [2.45, 2.75) is 12.3 Å². The van der Waals surface area contributed by atoms with Gasteiger partial charge in [-0.3, -0.25) is 0 Å². The second-order valence-corrected chi connectivity index (χ2v) is 12.8. The van der Waals surface area contributed by atoms with Crippen LogP contribution in [-0.2, 0) is 0 Å². The van der Waals surface area contributed by atoms with Crippen LogP contribution in [0.5, 0.6) is 0 Å². The van der Waals surface area contributed by atoms with Crippen LogP contribution in [0.2, 0.25) is 0 Å². The molecule has 1 aliphatic rings. The average molecular weight is 630 g/mol. The summed E-state index contributed by atoms with van der Waals surface area (Å²) in [6.45, 7) is 0. The molecule has 0 aliphatic heterocycles. The predicted molar refractivity (Wildman–Crippen MR) is 204 cm³/mol. The van der Waals surface area contributed by atoms with E-state index in [1.807, 2.05) is 24.3 Å². The first-order valence-electron chi connectivity index (χ1n) is 16.9. The fourth-order valence-corrected chi connectivity index (χ4v) is 7.59. The van der Waals surface area contributed by atoms with Crippen LogP contribution in [0.3, 0.4) is 0 Å². The number of furan rings is 2. The monoisotopic (exact) mass is 629 g/mol. The number of nitrogens with zero attached hydrogens (tertiary/aromatic N) is 1. The fraction of sp³-hybridized carbons (Fsp3) is 0.0435. The third-order valence-electron chi connectivity index (χ3n) is 10.0. The first-order valence-corrected chi connectivity index (χ1v) is 16.9. The van der Waals surface area contributed by atoms with Crippen molar-refractivity contribution in [1.29, 1.82) is 0 Å². The number of fused-ring (bicyclic) bond motifs is 8. The molecule has 0 N–H and O–H groups in total. The summed E-state index contributed by atoms with van der Waals surface area (Å²) in [6, 6.07) is 53.7. The van der Waals surface area contributed by atoms with Gasteiger partial charge in [-0.25, -0.2) is 0 Å². The minimum atomic E-state index is 0.352. The zero-order valence-corrected chi connectivity index (χ0v) is 26.7. The highest BCUT2D eigenvalue weighted by molar-refractivity contribution is 6.19. The van der Waals surface area contributed by atoms with Gasteiger partial charge in [0, 0.05) is 38.8 Å². The maximum Gasteiger partial charge on any atom is 0.159 e. The van der Waals surface area contributed by atoms with Gasteiger partial charge in [-0.15, -0.1) is 0 Å². The van der Waals surface area contributed by atoms with Gasteiger partial charge in [0.1, 0.15) is 16.7 Å². The highest BCUT2D eigenvalue weighted by atomic mass is 16.3. The van der Waals surface area contributed by atoms with Crippen LogP contribution < -0.4 is 4.90 Å². The Morgan fingerprint density at radius 1 is 0.531 bits per heavy atom. The molecule has 0 fully saturated rings. The third-order valence-corrected chi connectivity index (χ3v) is 10.0. The van der Waals surface area contributed by atoms with Crippen molar-refractivity contribution in [3.63, 3.8) is 0 Å². The molecule has 0 bridgehead atoms. The lowest BCUT2D eigenvalue weighted by Crippen LogP contribution is -2.17. The Bertz CT molecular complexity index is 2750. The summed E-state index contributed by atoms with van der Waals surface area (Å²) in [4.78, 5) is 2.34. The van der Waals surface area contributed by atoms with Crippen molar-refractivity contribution in [2.24, 2.45) is 0 Å². The number of benzene rings is 7.